The number of fused-ring (bicyclic) bond motifs is 1. The molecule has 0 bridgehead atoms. The molecule has 2 aliphatic rings. The summed E-state index contributed by atoms with van der Waals surface area (Å²) in [5.41, 5.74) is 3.87. The van der Waals surface area contributed by atoms with E-state index in [1.54, 1.807) is 0 Å². The third-order valence-corrected chi connectivity index (χ3v) is 3.07. The van der Waals surface area contributed by atoms with Crippen LogP contribution in [-0.2, 0) is 19.5 Å². The van der Waals surface area contributed by atoms with Gasteiger partial charge in [-0.2, -0.15) is 0 Å². The number of aromatic nitrogens is 2. The lowest BCUT2D eigenvalue weighted by atomic mass is 10.1. The molecular formula is C11H15N3. The van der Waals surface area contributed by atoms with Gasteiger partial charge in [-0.1, -0.05) is 6.92 Å². The van der Waals surface area contributed by atoms with Crippen LogP contribution in [0.25, 0.3) is 0 Å². The molecule has 1 fully saturated rings. The summed E-state index contributed by atoms with van der Waals surface area (Å²) in [5, 5.41) is 3.35. The molecule has 14 heavy (non-hydrogen) atoms. The van der Waals surface area contributed by atoms with E-state index in [1.165, 1.54) is 29.8 Å². The molecule has 0 unspecified atom stereocenters. The zero-order valence-corrected chi connectivity index (χ0v) is 8.51. The van der Waals surface area contributed by atoms with Gasteiger partial charge >= 0.3 is 0 Å². The summed E-state index contributed by atoms with van der Waals surface area (Å²) >= 11 is 0. The van der Waals surface area contributed by atoms with Crippen molar-refractivity contribution in [2.45, 2.75) is 45.2 Å². The Kier molecular flexibility index (Phi) is 1.80. The predicted molar refractivity (Wildman–Crippen MR) is 53.9 cm³/mol. The summed E-state index contributed by atoms with van der Waals surface area (Å²) in [7, 11) is 0. The van der Waals surface area contributed by atoms with Crippen LogP contribution in [0.15, 0.2) is 0 Å². The van der Waals surface area contributed by atoms with Gasteiger partial charge in [0.1, 0.15) is 5.82 Å². The lowest BCUT2D eigenvalue weighted by Gasteiger charge is -2.06. The molecule has 1 N–H and O–H groups in total. The summed E-state index contributed by atoms with van der Waals surface area (Å²) in [5.74, 6) is 1.77. The number of hydrogen-bond acceptors (Lipinski definition) is 3. The van der Waals surface area contributed by atoms with Gasteiger partial charge in [0, 0.05) is 30.3 Å². The average molecular weight is 189 g/mol. The van der Waals surface area contributed by atoms with E-state index in [0.717, 1.165) is 25.3 Å². The minimum atomic E-state index is 0.672. The fraction of sp³-hybridized carbons (Fsp3) is 0.636. The average Bonchev–Trinajstić information content (AvgIpc) is 2.95. The second-order valence-corrected chi connectivity index (χ2v) is 4.19. The fourth-order valence-electron chi connectivity index (χ4n) is 2.08. The number of nitrogens with one attached hydrogen (secondary N) is 1. The van der Waals surface area contributed by atoms with E-state index in [1.807, 2.05) is 0 Å². The molecule has 0 saturated heterocycles. The van der Waals surface area contributed by atoms with Crippen LogP contribution in [0.2, 0.25) is 0 Å². The maximum absolute atomic E-state index is 4.67. The zero-order valence-electron chi connectivity index (χ0n) is 8.51. The van der Waals surface area contributed by atoms with Crippen LogP contribution in [-0.4, -0.2) is 9.97 Å². The number of hydrogen-bond donors (Lipinski definition) is 1. The van der Waals surface area contributed by atoms with Crippen molar-refractivity contribution in [3.05, 3.63) is 22.8 Å². The Morgan fingerprint density at radius 2 is 2.14 bits per heavy atom. The largest absolute Gasteiger partial charge is 0.307 e. The van der Waals surface area contributed by atoms with Crippen molar-refractivity contribution >= 4 is 0 Å². The van der Waals surface area contributed by atoms with Gasteiger partial charge in [-0.25, -0.2) is 9.97 Å². The highest BCUT2D eigenvalue weighted by Crippen LogP contribution is 2.38. The van der Waals surface area contributed by atoms with Crippen molar-refractivity contribution in [3.63, 3.8) is 0 Å². The first-order chi connectivity index (χ1) is 6.88. The molecule has 3 heteroatoms. The molecule has 1 aliphatic carbocycles. The van der Waals surface area contributed by atoms with Crippen molar-refractivity contribution in [1.29, 1.82) is 0 Å². The van der Waals surface area contributed by atoms with Crippen molar-refractivity contribution in [3.8, 4) is 0 Å². The molecule has 0 radical (unpaired) electrons. The number of nitrogens with zero attached hydrogens (tertiary/aromatic N) is 2. The summed E-state index contributed by atoms with van der Waals surface area (Å²) in [6.45, 7) is 4.08. The Hall–Kier alpha value is -0.960. The summed E-state index contributed by atoms with van der Waals surface area (Å²) < 4.78 is 0. The third kappa shape index (κ3) is 1.23. The van der Waals surface area contributed by atoms with E-state index in [4.69, 9.17) is 0 Å². The minimum Gasteiger partial charge on any atom is -0.307 e. The molecule has 2 heterocycles. The summed E-state index contributed by atoms with van der Waals surface area (Å²) in [6, 6.07) is 0. The molecule has 0 aromatic carbocycles. The predicted octanol–water partition coefficient (Wildman–Crippen LogP) is 1.52. The molecular weight excluding hydrogens is 174 g/mol. The van der Waals surface area contributed by atoms with Gasteiger partial charge in [0.15, 0.2) is 0 Å². The van der Waals surface area contributed by atoms with Crippen molar-refractivity contribution in [1.82, 2.24) is 15.3 Å². The number of rotatable bonds is 2. The normalized spacial score (nSPS) is 19.8. The van der Waals surface area contributed by atoms with E-state index < -0.39 is 0 Å². The van der Waals surface area contributed by atoms with Gasteiger partial charge in [0.25, 0.3) is 0 Å². The molecule has 74 valence electrons. The molecule has 0 amide bonds. The maximum Gasteiger partial charge on any atom is 0.132 e. The quantitative estimate of drug-likeness (QED) is 0.766. The summed E-state index contributed by atoms with van der Waals surface area (Å²) in [6.07, 6.45) is 3.61. The highest BCUT2D eigenvalue weighted by atomic mass is 15.0. The standard InChI is InChI=1S/C11H15N3/c1-2-9-8-5-12-6-10(8)14-11(13-9)7-3-4-7/h7,12H,2-6H2,1H3. The first kappa shape index (κ1) is 8.36. The van der Waals surface area contributed by atoms with Gasteiger partial charge in [0.2, 0.25) is 0 Å². The Morgan fingerprint density at radius 3 is 2.86 bits per heavy atom. The van der Waals surface area contributed by atoms with E-state index in [0.29, 0.717) is 5.92 Å². The third-order valence-electron chi connectivity index (χ3n) is 3.07. The monoisotopic (exact) mass is 189 g/mol. The van der Waals surface area contributed by atoms with Crippen LogP contribution in [0.1, 0.15) is 48.5 Å². The second kappa shape index (κ2) is 3.02. The van der Waals surface area contributed by atoms with E-state index in [9.17, 15) is 0 Å². The molecule has 3 nitrogen and oxygen atoms in total. The molecule has 3 rings (SSSR count). The molecule has 1 saturated carbocycles. The highest BCUT2D eigenvalue weighted by molar-refractivity contribution is 5.30. The second-order valence-electron chi connectivity index (χ2n) is 4.19. The number of aryl methyl sites for hydroxylation is 1. The van der Waals surface area contributed by atoms with Gasteiger partial charge < -0.3 is 5.32 Å². The Balaban J connectivity index is 2.08. The lowest BCUT2D eigenvalue weighted by Crippen LogP contribution is -2.04. The molecule has 0 atom stereocenters. The topological polar surface area (TPSA) is 37.8 Å². The van der Waals surface area contributed by atoms with E-state index >= 15 is 0 Å². The zero-order chi connectivity index (χ0) is 9.54. The molecule has 1 aliphatic heterocycles. The van der Waals surface area contributed by atoms with Crippen LogP contribution < -0.4 is 5.32 Å². The van der Waals surface area contributed by atoms with Crippen molar-refractivity contribution < 1.29 is 0 Å². The SMILES string of the molecule is CCc1nc(C2CC2)nc2c1CNC2. The Bertz CT molecular complexity index is 369. The molecule has 1 aromatic heterocycles. The molecule has 1 aromatic rings. The smallest absolute Gasteiger partial charge is 0.132 e. The van der Waals surface area contributed by atoms with Crippen molar-refractivity contribution in [2.24, 2.45) is 0 Å². The Labute approximate surface area is 84.0 Å². The Morgan fingerprint density at radius 1 is 1.29 bits per heavy atom. The summed E-state index contributed by atoms with van der Waals surface area (Å²) in [4.78, 5) is 9.32. The van der Waals surface area contributed by atoms with E-state index in [-0.39, 0.29) is 0 Å². The van der Waals surface area contributed by atoms with Crippen LogP contribution in [0.5, 0.6) is 0 Å². The van der Waals surface area contributed by atoms with Crippen molar-refractivity contribution in [2.75, 3.05) is 0 Å². The first-order valence-electron chi connectivity index (χ1n) is 5.47. The van der Waals surface area contributed by atoms with Crippen LogP contribution in [0, 0.1) is 0 Å². The van der Waals surface area contributed by atoms with Crippen LogP contribution >= 0.6 is 0 Å². The lowest BCUT2D eigenvalue weighted by molar-refractivity contribution is 0.754. The highest BCUT2D eigenvalue weighted by Gasteiger charge is 2.29. The van der Waals surface area contributed by atoms with Crippen LogP contribution in [0.4, 0.5) is 0 Å². The maximum atomic E-state index is 4.67. The van der Waals surface area contributed by atoms with E-state index in [2.05, 4.69) is 22.2 Å². The fourth-order valence-corrected chi connectivity index (χ4v) is 2.08. The molecule has 0 spiro atoms. The van der Waals surface area contributed by atoms with Gasteiger partial charge in [-0.15, -0.1) is 0 Å². The first-order valence-corrected chi connectivity index (χ1v) is 5.47. The van der Waals surface area contributed by atoms with Gasteiger partial charge in [0.05, 0.1) is 5.69 Å². The minimum absolute atomic E-state index is 0.672. The van der Waals surface area contributed by atoms with Crippen LogP contribution in [0.3, 0.4) is 0 Å². The van der Waals surface area contributed by atoms with Gasteiger partial charge in [-0.3, -0.25) is 0 Å². The van der Waals surface area contributed by atoms with Gasteiger partial charge in [-0.05, 0) is 19.3 Å².